The molecule has 0 bridgehead atoms. The highest BCUT2D eigenvalue weighted by atomic mass is 127. The van der Waals surface area contributed by atoms with E-state index >= 15 is 0 Å². The highest BCUT2D eigenvalue weighted by Crippen LogP contribution is 2.27. The number of rotatable bonds is 0. The highest BCUT2D eigenvalue weighted by molar-refractivity contribution is 14.1. The molecule has 14 heavy (non-hydrogen) atoms. The Morgan fingerprint density at radius 1 is 1.21 bits per heavy atom. The van der Waals surface area contributed by atoms with Gasteiger partial charge in [-0.3, -0.25) is 4.40 Å². The fourth-order valence-electron chi connectivity index (χ4n) is 1.06. The molecule has 0 atom stereocenters. The van der Waals surface area contributed by atoms with Crippen molar-refractivity contribution in [1.82, 2.24) is 14.6 Å². The molecule has 0 amide bonds. The van der Waals surface area contributed by atoms with Gasteiger partial charge in [0.1, 0.15) is 0 Å². The van der Waals surface area contributed by atoms with Gasteiger partial charge in [0.2, 0.25) is 5.82 Å². The third-order valence-corrected chi connectivity index (χ3v) is 2.26. The van der Waals surface area contributed by atoms with E-state index in [1.165, 1.54) is 12.3 Å². The molecule has 2 heterocycles. The lowest BCUT2D eigenvalue weighted by molar-refractivity contribution is -0.145. The summed E-state index contributed by atoms with van der Waals surface area (Å²) in [6, 6.07) is 3.16. The van der Waals surface area contributed by atoms with Gasteiger partial charge in [0, 0.05) is 9.77 Å². The maximum Gasteiger partial charge on any atom is 0.452 e. The first-order chi connectivity index (χ1) is 6.48. The lowest BCUT2D eigenvalue weighted by atomic mass is 10.4. The molecule has 0 saturated carbocycles. The van der Waals surface area contributed by atoms with Gasteiger partial charge in [-0.25, -0.2) is 0 Å². The molecule has 7 heteroatoms. The van der Waals surface area contributed by atoms with Crippen LogP contribution in [0.5, 0.6) is 0 Å². The van der Waals surface area contributed by atoms with E-state index in [0.717, 1.165) is 4.40 Å². The molecule has 0 aliphatic heterocycles. The number of hydrogen-bond acceptors (Lipinski definition) is 2. The maximum absolute atomic E-state index is 12.4. The highest BCUT2D eigenvalue weighted by Gasteiger charge is 2.36. The molecule has 2 aromatic rings. The molecular weight excluding hydrogens is 310 g/mol. The first kappa shape index (κ1) is 9.69. The van der Waals surface area contributed by atoms with E-state index in [9.17, 15) is 13.2 Å². The summed E-state index contributed by atoms with van der Waals surface area (Å²) in [6.07, 6.45) is -3.12. The molecule has 0 N–H and O–H groups in total. The van der Waals surface area contributed by atoms with Gasteiger partial charge >= 0.3 is 6.18 Å². The van der Waals surface area contributed by atoms with Gasteiger partial charge in [-0.05, 0) is 34.7 Å². The minimum atomic E-state index is -4.47. The van der Waals surface area contributed by atoms with Crippen LogP contribution in [-0.4, -0.2) is 14.6 Å². The van der Waals surface area contributed by atoms with Gasteiger partial charge in [-0.2, -0.15) is 13.2 Å². The van der Waals surface area contributed by atoms with Gasteiger partial charge < -0.3 is 0 Å². The van der Waals surface area contributed by atoms with E-state index in [1.807, 2.05) is 22.6 Å². The van der Waals surface area contributed by atoms with Crippen molar-refractivity contribution >= 4 is 28.2 Å². The second kappa shape index (κ2) is 3.07. The normalized spacial score (nSPS) is 12.3. The molecule has 0 aliphatic rings. The smallest absolute Gasteiger partial charge is 0.278 e. The zero-order valence-electron chi connectivity index (χ0n) is 6.59. The standard InChI is InChI=1S/C7H3F3IN3/c8-7(9,10)6-13-12-5-2-1-4(11)3-14(5)6/h1-3H. The summed E-state index contributed by atoms with van der Waals surface area (Å²) < 4.78 is 38.7. The van der Waals surface area contributed by atoms with Crippen LogP contribution in [0.25, 0.3) is 5.65 Å². The largest absolute Gasteiger partial charge is 0.452 e. The second-order valence-corrected chi connectivity index (χ2v) is 3.84. The van der Waals surface area contributed by atoms with Crippen molar-refractivity contribution in [3.63, 3.8) is 0 Å². The Labute approximate surface area is 90.1 Å². The average molecular weight is 313 g/mol. The minimum absolute atomic E-state index is 0.192. The summed E-state index contributed by atoms with van der Waals surface area (Å²) in [5, 5.41) is 6.51. The summed E-state index contributed by atoms with van der Waals surface area (Å²) in [5.41, 5.74) is 0.192. The number of hydrogen-bond donors (Lipinski definition) is 0. The van der Waals surface area contributed by atoms with Crippen LogP contribution in [0.3, 0.4) is 0 Å². The molecule has 0 spiro atoms. The summed E-state index contributed by atoms with van der Waals surface area (Å²) in [6.45, 7) is 0. The third-order valence-electron chi connectivity index (χ3n) is 1.62. The van der Waals surface area contributed by atoms with E-state index in [4.69, 9.17) is 0 Å². The van der Waals surface area contributed by atoms with Gasteiger partial charge in [-0.15, -0.1) is 10.2 Å². The zero-order valence-corrected chi connectivity index (χ0v) is 8.74. The van der Waals surface area contributed by atoms with Crippen molar-refractivity contribution in [3.05, 3.63) is 27.7 Å². The quantitative estimate of drug-likeness (QED) is 0.699. The van der Waals surface area contributed by atoms with Crippen molar-refractivity contribution in [2.75, 3.05) is 0 Å². The molecule has 0 unspecified atom stereocenters. The van der Waals surface area contributed by atoms with Gasteiger partial charge in [0.05, 0.1) is 0 Å². The lowest BCUT2D eigenvalue weighted by Crippen LogP contribution is -2.10. The van der Waals surface area contributed by atoms with E-state index in [2.05, 4.69) is 10.2 Å². The number of nitrogens with zero attached hydrogens (tertiary/aromatic N) is 3. The summed E-state index contributed by atoms with van der Waals surface area (Å²) >= 11 is 1.93. The molecule has 0 aliphatic carbocycles. The summed E-state index contributed by atoms with van der Waals surface area (Å²) in [7, 11) is 0. The van der Waals surface area contributed by atoms with E-state index < -0.39 is 12.0 Å². The number of halogens is 4. The fourth-order valence-corrected chi connectivity index (χ4v) is 1.52. The van der Waals surface area contributed by atoms with Crippen LogP contribution in [-0.2, 0) is 6.18 Å². The minimum Gasteiger partial charge on any atom is -0.278 e. The van der Waals surface area contributed by atoms with Crippen molar-refractivity contribution in [2.24, 2.45) is 0 Å². The van der Waals surface area contributed by atoms with Crippen molar-refractivity contribution in [2.45, 2.75) is 6.18 Å². The molecular formula is C7H3F3IN3. The van der Waals surface area contributed by atoms with Crippen LogP contribution in [0.4, 0.5) is 13.2 Å². The number of pyridine rings is 1. The predicted octanol–water partition coefficient (Wildman–Crippen LogP) is 2.35. The topological polar surface area (TPSA) is 30.2 Å². The Balaban J connectivity index is 2.73. The summed E-state index contributed by atoms with van der Waals surface area (Å²) in [4.78, 5) is 0. The monoisotopic (exact) mass is 313 g/mol. The van der Waals surface area contributed by atoms with Gasteiger partial charge in [-0.1, -0.05) is 0 Å². The van der Waals surface area contributed by atoms with E-state index in [0.29, 0.717) is 3.57 Å². The number of aromatic nitrogens is 3. The van der Waals surface area contributed by atoms with Crippen molar-refractivity contribution in [1.29, 1.82) is 0 Å². The Hall–Kier alpha value is -0.860. The second-order valence-electron chi connectivity index (χ2n) is 2.60. The molecule has 74 valence electrons. The molecule has 0 fully saturated rings. The Bertz CT molecular complexity index is 476. The predicted molar refractivity (Wildman–Crippen MR) is 50.7 cm³/mol. The summed E-state index contributed by atoms with van der Waals surface area (Å²) in [5.74, 6) is -0.994. The molecule has 3 nitrogen and oxygen atoms in total. The Morgan fingerprint density at radius 2 is 1.93 bits per heavy atom. The van der Waals surface area contributed by atoms with Crippen LogP contribution in [0.1, 0.15) is 5.82 Å². The molecule has 2 aromatic heterocycles. The molecule has 2 rings (SSSR count). The first-order valence-electron chi connectivity index (χ1n) is 3.56. The lowest BCUT2D eigenvalue weighted by Gasteiger charge is -2.03. The van der Waals surface area contributed by atoms with E-state index in [-0.39, 0.29) is 5.65 Å². The van der Waals surface area contributed by atoms with E-state index in [1.54, 1.807) is 6.07 Å². The van der Waals surface area contributed by atoms with Crippen LogP contribution in [0.15, 0.2) is 18.3 Å². The van der Waals surface area contributed by atoms with Gasteiger partial charge in [0.25, 0.3) is 0 Å². The van der Waals surface area contributed by atoms with Crippen LogP contribution < -0.4 is 0 Å². The van der Waals surface area contributed by atoms with Crippen LogP contribution >= 0.6 is 22.6 Å². The first-order valence-corrected chi connectivity index (χ1v) is 4.64. The van der Waals surface area contributed by atoms with Gasteiger partial charge in [0.15, 0.2) is 5.65 Å². The number of fused-ring (bicyclic) bond motifs is 1. The molecule has 0 radical (unpaired) electrons. The van der Waals surface area contributed by atoms with Crippen LogP contribution in [0.2, 0.25) is 0 Å². The molecule has 0 saturated heterocycles. The fraction of sp³-hybridized carbons (Fsp3) is 0.143. The SMILES string of the molecule is FC(F)(F)c1nnc2ccc(I)cn12. The van der Waals surface area contributed by atoms with Crippen molar-refractivity contribution in [3.8, 4) is 0 Å². The third kappa shape index (κ3) is 1.56. The average Bonchev–Trinajstić information content (AvgIpc) is 2.45. The van der Waals surface area contributed by atoms with Crippen molar-refractivity contribution < 1.29 is 13.2 Å². The maximum atomic E-state index is 12.4. The Morgan fingerprint density at radius 3 is 2.57 bits per heavy atom. The molecule has 0 aromatic carbocycles. The zero-order chi connectivity index (χ0) is 10.3. The Kier molecular flexibility index (Phi) is 2.13. The number of alkyl halides is 3. The van der Waals surface area contributed by atoms with Crippen LogP contribution in [0, 0.1) is 3.57 Å².